The molecular formula is C32H64O4. The number of esters is 1. The van der Waals surface area contributed by atoms with Gasteiger partial charge in [-0.25, -0.2) is 0 Å². The SMILES string of the molecule is CCCCC(CC)COCCOCCCC(=O)OCCCCCCCCCCCCCCCC(C)C. The number of hydrogen-bond acceptors (Lipinski definition) is 4. The predicted molar refractivity (Wildman–Crippen MR) is 155 cm³/mol. The van der Waals surface area contributed by atoms with Crippen LogP contribution in [0.1, 0.15) is 156 Å². The quantitative estimate of drug-likeness (QED) is 0.0739. The van der Waals surface area contributed by atoms with Gasteiger partial charge in [-0.3, -0.25) is 4.79 Å². The highest BCUT2D eigenvalue weighted by molar-refractivity contribution is 5.69. The Bertz CT molecular complexity index is 438. The van der Waals surface area contributed by atoms with Crippen molar-refractivity contribution in [2.24, 2.45) is 11.8 Å². The van der Waals surface area contributed by atoms with Gasteiger partial charge in [0, 0.05) is 19.6 Å². The third-order valence-corrected chi connectivity index (χ3v) is 7.13. The summed E-state index contributed by atoms with van der Waals surface area (Å²) in [5.74, 6) is 1.45. The molecule has 4 heteroatoms. The van der Waals surface area contributed by atoms with Crippen molar-refractivity contribution in [2.75, 3.05) is 33.0 Å². The lowest BCUT2D eigenvalue weighted by Gasteiger charge is -2.14. The van der Waals surface area contributed by atoms with Gasteiger partial charge >= 0.3 is 5.97 Å². The summed E-state index contributed by atoms with van der Waals surface area (Å²) in [4.78, 5) is 11.8. The van der Waals surface area contributed by atoms with Crippen LogP contribution in [-0.2, 0) is 19.0 Å². The second kappa shape index (κ2) is 29.0. The molecule has 36 heavy (non-hydrogen) atoms. The molecule has 0 bridgehead atoms. The molecule has 0 aliphatic rings. The number of unbranched alkanes of at least 4 members (excludes halogenated alkanes) is 13. The molecule has 0 aliphatic heterocycles. The molecule has 1 atom stereocenters. The Labute approximate surface area is 226 Å². The Morgan fingerprint density at radius 3 is 1.69 bits per heavy atom. The van der Waals surface area contributed by atoms with Crippen molar-refractivity contribution in [3.05, 3.63) is 0 Å². The highest BCUT2D eigenvalue weighted by Crippen LogP contribution is 2.15. The van der Waals surface area contributed by atoms with E-state index < -0.39 is 0 Å². The first-order valence-corrected chi connectivity index (χ1v) is 15.9. The van der Waals surface area contributed by atoms with Crippen molar-refractivity contribution in [1.82, 2.24) is 0 Å². The van der Waals surface area contributed by atoms with Gasteiger partial charge in [-0.2, -0.15) is 0 Å². The molecule has 4 nitrogen and oxygen atoms in total. The monoisotopic (exact) mass is 512 g/mol. The molecule has 0 aromatic carbocycles. The fourth-order valence-electron chi connectivity index (χ4n) is 4.54. The minimum atomic E-state index is -0.0866. The fourth-order valence-corrected chi connectivity index (χ4v) is 4.54. The van der Waals surface area contributed by atoms with E-state index in [2.05, 4.69) is 27.7 Å². The number of hydrogen-bond donors (Lipinski definition) is 0. The summed E-state index contributed by atoms with van der Waals surface area (Å²) in [6.45, 7) is 12.4. The molecule has 0 saturated carbocycles. The number of rotatable bonds is 29. The summed E-state index contributed by atoms with van der Waals surface area (Å²) >= 11 is 0. The van der Waals surface area contributed by atoms with E-state index in [0.29, 0.717) is 38.8 Å². The fraction of sp³-hybridized carbons (Fsp3) is 0.969. The van der Waals surface area contributed by atoms with Crippen LogP contribution in [0.15, 0.2) is 0 Å². The van der Waals surface area contributed by atoms with E-state index in [9.17, 15) is 4.79 Å². The molecule has 0 aromatic heterocycles. The minimum absolute atomic E-state index is 0.0866. The van der Waals surface area contributed by atoms with E-state index in [-0.39, 0.29) is 5.97 Å². The van der Waals surface area contributed by atoms with E-state index in [4.69, 9.17) is 14.2 Å². The molecule has 0 radical (unpaired) electrons. The zero-order chi connectivity index (χ0) is 26.5. The smallest absolute Gasteiger partial charge is 0.305 e. The van der Waals surface area contributed by atoms with Gasteiger partial charge in [0.2, 0.25) is 0 Å². The first-order valence-electron chi connectivity index (χ1n) is 15.9. The maximum atomic E-state index is 11.8. The number of ether oxygens (including phenoxy) is 3. The Hall–Kier alpha value is -0.610. The van der Waals surface area contributed by atoms with Crippen LogP contribution in [0.5, 0.6) is 0 Å². The molecule has 0 rings (SSSR count). The summed E-state index contributed by atoms with van der Waals surface area (Å²) in [5, 5.41) is 0. The highest BCUT2D eigenvalue weighted by Gasteiger charge is 2.06. The Balaban J connectivity index is 3.24. The molecule has 0 fully saturated rings. The van der Waals surface area contributed by atoms with Gasteiger partial charge in [-0.1, -0.05) is 130 Å². The van der Waals surface area contributed by atoms with Crippen molar-refractivity contribution >= 4 is 5.97 Å². The van der Waals surface area contributed by atoms with Gasteiger partial charge in [0.1, 0.15) is 0 Å². The van der Waals surface area contributed by atoms with E-state index >= 15 is 0 Å². The third kappa shape index (κ3) is 28.0. The Morgan fingerprint density at radius 2 is 1.14 bits per heavy atom. The molecule has 0 aliphatic carbocycles. The Morgan fingerprint density at radius 1 is 0.583 bits per heavy atom. The van der Waals surface area contributed by atoms with Crippen LogP contribution in [-0.4, -0.2) is 39.0 Å². The van der Waals surface area contributed by atoms with Crippen LogP contribution in [0, 0.1) is 11.8 Å². The molecule has 0 amide bonds. The Kier molecular flexibility index (Phi) is 28.5. The van der Waals surface area contributed by atoms with Crippen LogP contribution in [0.3, 0.4) is 0 Å². The first kappa shape index (κ1) is 35.4. The maximum absolute atomic E-state index is 11.8. The number of carbonyl (C=O) groups is 1. The molecule has 0 aromatic rings. The predicted octanol–water partition coefficient (Wildman–Crippen LogP) is 9.68. The van der Waals surface area contributed by atoms with Gasteiger partial charge in [0.05, 0.1) is 19.8 Å². The van der Waals surface area contributed by atoms with Crippen LogP contribution in [0.2, 0.25) is 0 Å². The largest absolute Gasteiger partial charge is 0.466 e. The lowest BCUT2D eigenvalue weighted by Crippen LogP contribution is -2.13. The lowest BCUT2D eigenvalue weighted by atomic mass is 10.0. The second-order valence-electron chi connectivity index (χ2n) is 11.2. The molecular weight excluding hydrogens is 448 g/mol. The summed E-state index contributed by atoms with van der Waals surface area (Å²) in [7, 11) is 0. The first-order chi connectivity index (χ1) is 17.6. The van der Waals surface area contributed by atoms with Crippen molar-refractivity contribution in [2.45, 2.75) is 156 Å². The summed E-state index contributed by atoms with van der Waals surface area (Å²) < 4.78 is 16.7. The molecule has 1 unspecified atom stereocenters. The lowest BCUT2D eigenvalue weighted by molar-refractivity contribution is -0.144. The van der Waals surface area contributed by atoms with Gasteiger partial charge in [0.25, 0.3) is 0 Å². The van der Waals surface area contributed by atoms with Gasteiger partial charge in [-0.15, -0.1) is 0 Å². The van der Waals surface area contributed by atoms with Gasteiger partial charge < -0.3 is 14.2 Å². The summed E-state index contributed by atoms with van der Waals surface area (Å²) in [5.41, 5.74) is 0. The van der Waals surface area contributed by atoms with E-state index in [0.717, 1.165) is 25.4 Å². The topological polar surface area (TPSA) is 44.8 Å². The second-order valence-corrected chi connectivity index (χ2v) is 11.2. The summed E-state index contributed by atoms with van der Waals surface area (Å²) in [6.07, 6.45) is 25.0. The van der Waals surface area contributed by atoms with Crippen LogP contribution < -0.4 is 0 Å². The highest BCUT2D eigenvalue weighted by atomic mass is 16.5. The molecule has 0 N–H and O–H groups in total. The van der Waals surface area contributed by atoms with E-state index in [1.54, 1.807) is 0 Å². The molecule has 0 saturated heterocycles. The van der Waals surface area contributed by atoms with Crippen molar-refractivity contribution in [3.8, 4) is 0 Å². The van der Waals surface area contributed by atoms with E-state index in [1.165, 1.54) is 109 Å². The van der Waals surface area contributed by atoms with Crippen LogP contribution in [0.4, 0.5) is 0 Å². The maximum Gasteiger partial charge on any atom is 0.305 e. The van der Waals surface area contributed by atoms with Crippen molar-refractivity contribution < 1.29 is 19.0 Å². The number of carbonyl (C=O) groups excluding carboxylic acids is 1. The molecule has 0 heterocycles. The minimum Gasteiger partial charge on any atom is -0.466 e. The average molecular weight is 513 g/mol. The zero-order valence-corrected chi connectivity index (χ0v) is 25.0. The van der Waals surface area contributed by atoms with Crippen molar-refractivity contribution in [3.63, 3.8) is 0 Å². The van der Waals surface area contributed by atoms with Crippen molar-refractivity contribution in [1.29, 1.82) is 0 Å². The zero-order valence-electron chi connectivity index (χ0n) is 25.0. The standard InChI is InChI=1S/C32H64O4/c1-5-7-23-31(6-2)29-35-28-27-34-25-21-24-32(33)36-26-20-18-16-14-12-10-8-9-11-13-15-17-19-22-30(3)4/h30-31H,5-29H2,1-4H3. The molecule has 0 spiro atoms. The average Bonchev–Trinajstić information content (AvgIpc) is 2.86. The van der Waals surface area contributed by atoms with Crippen LogP contribution >= 0.6 is 0 Å². The van der Waals surface area contributed by atoms with Gasteiger partial charge in [-0.05, 0) is 31.1 Å². The molecule has 216 valence electrons. The third-order valence-electron chi connectivity index (χ3n) is 7.13. The van der Waals surface area contributed by atoms with Gasteiger partial charge in [0.15, 0.2) is 0 Å². The van der Waals surface area contributed by atoms with E-state index in [1.807, 2.05) is 0 Å². The van der Waals surface area contributed by atoms with Crippen LogP contribution in [0.25, 0.3) is 0 Å². The normalized spacial score (nSPS) is 12.4. The summed E-state index contributed by atoms with van der Waals surface area (Å²) in [6, 6.07) is 0.